The summed E-state index contributed by atoms with van der Waals surface area (Å²) < 4.78 is 0. The smallest absolute Gasteiger partial charge is 0.128 e. The second-order valence-electron chi connectivity index (χ2n) is 5.13. The zero-order valence-corrected chi connectivity index (χ0v) is 11.2. The minimum atomic E-state index is 1.05. The lowest BCUT2D eigenvalue weighted by molar-refractivity contribution is 0.915. The molecule has 1 aromatic heterocycles. The van der Waals surface area contributed by atoms with Gasteiger partial charge in [-0.2, -0.15) is 0 Å². The second-order valence-corrected chi connectivity index (χ2v) is 5.13. The number of benzene rings is 1. The Morgan fingerprint density at radius 3 is 2.58 bits per heavy atom. The van der Waals surface area contributed by atoms with Crippen LogP contribution in [-0.4, -0.2) is 18.1 Å². The Balaban J connectivity index is 1.60. The molecule has 3 rings (SSSR count). The molecule has 1 aromatic carbocycles. The van der Waals surface area contributed by atoms with E-state index < -0.39 is 0 Å². The molecule has 0 unspecified atom stereocenters. The summed E-state index contributed by atoms with van der Waals surface area (Å²) in [5, 5.41) is 0. The maximum Gasteiger partial charge on any atom is 0.128 e. The largest absolute Gasteiger partial charge is 0.357 e. The molecule has 1 saturated heterocycles. The first kappa shape index (κ1) is 12.2. The van der Waals surface area contributed by atoms with E-state index in [4.69, 9.17) is 0 Å². The fourth-order valence-electron chi connectivity index (χ4n) is 2.57. The van der Waals surface area contributed by atoms with Crippen molar-refractivity contribution >= 4 is 5.82 Å². The minimum Gasteiger partial charge on any atom is -0.357 e. The van der Waals surface area contributed by atoms with Crippen molar-refractivity contribution < 1.29 is 0 Å². The molecule has 2 nitrogen and oxygen atoms in total. The Labute approximate surface area is 115 Å². The van der Waals surface area contributed by atoms with E-state index >= 15 is 0 Å². The minimum absolute atomic E-state index is 1.05. The van der Waals surface area contributed by atoms with Crippen LogP contribution in [0.4, 0.5) is 5.82 Å². The van der Waals surface area contributed by atoms with Crippen molar-refractivity contribution in [2.75, 3.05) is 18.0 Å². The highest BCUT2D eigenvalue weighted by Gasteiger charge is 2.12. The zero-order valence-electron chi connectivity index (χ0n) is 11.2. The Bertz CT molecular complexity index is 499. The number of nitrogens with zero attached hydrogens (tertiary/aromatic N) is 2. The highest BCUT2D eigenvalue weighted by Crippen LogP contribution is 2.18. The van der Waals surface area contributed by atoms with E-state index in [0.29, 0.717) is 0 Å². The molecule has 0 amide bonds. The summed E-state index contributed by atoms with van der Waals surface area (Å²) in [6, 6.07) is 15.7. The van der Waals surface area contributed by atoms with Crippen molar-refractivity contribution in [1.82, 2.24) is 4.98 Å². The second kappa shape index (κ2) is 5.87. The average Bonchev–Trinajstić information content (AvgIpc) is 3.01. The van der Waals surface area contributed by atoms with E-state index in [2.05, 4.69) is 40.2 Å². The highest BCUT2D eigenvalue weighted by molar-refractivity contribution is 5.40. The number of pyridine rings is 1. The van der Waals surface area contributed by atoms with Gasteiger partial charge in [-0.15, -0.1) is 0 Å². The molecule has 0 saturated carbocycles. The van der Waals surface area contributed by atoms with Gasteiger partial charge in [0.05, 0.1) is 0 Å². The summed E-state index contributed by atoms with van der Waals surface area (Å²) in [6.45, 7) is 2.32. The van der Waals surface area contributed by atoms with Crippen LogP contribution in [0.2, 0.25) is 0 Å². The molecule has 0 bridgehead atoms. The summed E-state index contributed by atoms with van der Waals surface area (Å²) in [7, 11) is 0. The predicted octanol–water partition coefficient (Wildman–Crippen LogP) is 3.27. The number of hydrogen-bond donors (Lipinski definition) is 0. The Kier molecular flexibility index (Phi) is 3.78. The quantitative estimate of drug-likeness (QED) is 0.829. The molecule has 1 fully saturated rings. The van der Waals surface area contributed by atoms with Crippen LogP contribution in [-0.2, 0) is 12.8 Å². The number of aryl methyl sites for hydroxylation is 2. The molecule has 1 aliphatic heterocycles. The van der Waals surface area contributed by atoms with E-state index in [1.165, 1.54) is 24.0 Å². The van der Waals surface area contributed by atoms with Gasteiger partial charge in [-0.05, 0) is 48.9 Å². The molecule has 0 N–H and O–H groups in total. The molecular weight excluding hydrogens is 232 g/mol. The Hall–Kier alpha value is -1.83. The van der Waals surface area contributed by atoms with Gasteiger partial charge in [0.15, 0.2) is 0 Å². The summed E-state index contributed by atoms with van der Waals surface area (Å²) in [5.74, 6) is 1.13. The van der Waals surface area contributed by atoms with Gasteiger partial charge in [0.2, 0.25) is 0 Å². The van der Waals surface area contributed by atoms with Crippen LogP contribution in [0.3, 0.4) is 0 Å². The number of aromatic nitrogens is 1. The van der Waals surface area contributed by atoms with Crippen molar-refractivity contribution in [2.24, 2.45) is 0 Å². The fourth-order valence-corrected chi connectivity index (χ4v) is 2.57. The van der Waals surface area contributed by atoms with Crippen molar-refractivity contribution in [3.05, 3.63) is 59.8 Å². The van der Waals surface area contributed by atoms with Crippen molar-refractivity contribution in [1.29, 1.82) is 0 Å². The summed E-state index contributed by atoms with van der Waals surface area (Å²) >= 11 is 0. The lowest BCUT2D eigenvalue weighted by atomic mass is 10.1. The SMILES string of the molecule is [c]1cccc(CCc2ccc(N3CCCC3)nc2)c1. The van der Waals surface area contributed by atoms with E-state index in [0.717, 1.165) is 31.7 Å². The van der Waals surface area contributed by atoms with E-state index in [-0.39, 0.29) is 0 Å². The zero-order chi connectivity index (χ0) is 12.9. The van der Waals surface area contributed by atoms with Crippen LogP contribution in [0.15, 0.2) is 42.6 Å². The van der Waals surface area contributed by atoms with Crippen molar-refractivity contribution in [2.45, 2.75) is 25.7 Å². The van der Waals surface area contributed by atoms with Crippen LogP contribution in [0, 0.1) is 6.07 Å². The van der Waals surface area contributed by atoms with Gasteiger partial charge >= 0.3 is 0 Å². The number of anilines is 1. The first-order chi connectivity index (χ1) is 9.42. The lowest BCUT2D eigenvalue weighted by Crippen LogP contribution is -2.18. The fraction of sp³-hybridized carbons (Fsp3) is 0.353. The molecule has 19 heavy (non-hydrogen) atoms. The van der Waals surface area contributed by atoms with Gasteiger partial charge in [0, 0.05) is 19.3 Å². The van der Waals surface area contributed by atoms with E-state index in [1.54, 1.807) is 0 Å². The van der Waals surface area contributed by atoms with Crippen molar-refractivity contribution in [3.8, 4) is 0 Å². The molecule has 2 heterocycles. The van der Waals surface area contributed by atoms with Crippen LogP contribution in [0.5, 0.6) is 0 Å². The molecule has 1 radical (unpaired) electrons. The Morgan fingerprint density at radius 1 is 1.05 bits per heavy atom. The monoisotopic (exact) mass is 251 g/mol. The molecule has 2 heteroatoms. The number of rotatable bonds is 4. The van der Waals surface area contributed by atoms with Crippen LogP contribution in [0.1, 0.15) is 24.0 Å². The van der Waals surface area contributed by atoms with Crippen LogP contribution < -0.4 is 4.90 Å². The molecule has 2 aromatic rings. The molecule has 1 aliphatic rings. The molecule has 97 valence electrons. The van der Waals surface area contributed by atoms with E-state index in [9.17, 15) is 0 Å². The van der Waals surface area contributed by atoms with Crippen LogP contribution >= 0.6 is 0 Å². The van der Waals surface area contributed by atoms with Gasteiger partial charge in [-0.25, -0.2) is 4.98 Å². The summed E-state index contributed by atoms with van der Waals surface area (Å²) in [4.78, 5) is 6.96. The Morgan fingerprint density at radius 2 is 1.89 bits per heavy atom. The standard InChI is InChI=1S/C17H19N2/c1-2-6-15(7-3-1)8-9-16-10-11-17(18-14-16)19-12-4-5-13-19/h1-2,6-7,10-11,14H,4-5,8-9,12-13H2. The van der Waals surface area contributed by atoms with Gasteiger partial charge in [-0.3, -0.25) is 0 Å². The lowest BCUT2D eigenvalue weighted by Gasteiger charge is -2.16. The van der Waals surface area contributed by atoms with Crippen molar-refractivity contribution in [3.63, 3.8) is 0 Å². The summed E-state index contributed by atoms with van der Waals surface area (Å²) in [5.41, 5.74) is 2.65. The topological polar surface area (TPSA) is 16.1 Å². The molecule has 0 spiro atoms. The molecule has 0 aliphatic carbocycles. The van der Waals surface area contributed by atoms with Gasteiger partial charge in [0.25, 0.3) is 0 Å². The third-order valence-electron chi connectivity index (χ3n) is 3.71. The van der Waals surface area contributed by atoms with Crippen LogP contribution in [0.25, 0.3) is 0 Å². The third-order valence-corrected chi connectivity index (χ3v) is 3.71. The number of hydrogen-bond acceptors (Lipinski definition) is 2. The van der Waals surface area contributed by atoms with Gasteiger partial charge in [-0.1, -0.05) is 30.3 Å². The van der Waals surface area contributed by atoms with E-state index in [1.807, 2.05) is 18.3 Å². The normalized spacial score (nSPS) is 14.8. The van der Waals surface area contributed by atoms with Gasteiger partial charge in [0.1, 0.15) is 5.82 Å². The third kappa shape index (κ3) is 3.14. The predicted molar refractivity (Wildman–Crippen MR) is 78.4 cm³/mol. The first-order valence-electron chi connectivity index (χ1n) is 7.07. The highest BCUT2D eigenvalue weighted by atomic mass is 15.2. The average molecular weight is 251 g/mol. The summed E-state index contributed by atoms with van der Waals surface area (Å²) in [6.07, 6.45) is 6.73. The maximum atomic E-state index is 4.59. The first-order valence-corrected chi connectivity index (χ1v) is 7.07. The van der Waals surface area contributed by atoms with Gasteiger partial charge < -0.3 is 4.90 Å². The molecular formula is C17H19N2. The maximum absolute atomic E-state index is 4.59. The molecule has 0 atom stereocenters.